The van der Waals surface area contributed by atoms with E-state index in [1.54, 1.807) is 0 Å². The molecule has 166 valence electrons. The van der Waals surface area contributed by atoms with Crippen LogP contribution in [0.25, 0.3) is 0 Å². The summed E-state index contributed by atoms with van der Waals surface area (Å²) < 4.78 is 107. The molecule has 1 fully saturated rings. The third-order valence-corrected chi connectivity index (χ3v) is 7.84. The second-order valence-electron chi connectivity index (χ2n) is 7.61. The molecule has 30 heavy (non-hydrogen) atoms. The summed E-state index contributed by atoms with van der Waals surface area (Å²) >= 11 is 0. The van der Waals surface area contributed by atoms with Gasteiger partial charge in [0.25, 0.3) is 0 Å². The summed E-state index contributed by atoms with van der Waals surface area (Å²) in [7, 11) is -4.17. The topological polar surface area (TPSA) is 55.7 Å². The third kappa shape index (κ3) is 4.72. The van der Waals surface area contributed by atoms with E-state index < -0.39 is 49.9 Å². The highest BCUT2D eigenvalue weighted by Gasteiger charge is 2.46. The standard InChI is InChI=1S/C19H19F6NO3S/c1-17(30(27,28)15-4-2-3-13(8-15)19(23,24)25)5-6-29-16(10-17)12-7-14(26-11-12)9-18(20,21)22/h2-4,7-8,16H,5-6,9-11H2,1H3. The summed E-state index contributed by atoms with van der Waals surface area (Å²) in [6.07, 6.45) is -9.86. The van der Waals surface area contributed by atoms with Crippen LogP contribution in [0.1, 0.15) is 31.7 Å². The quantitative estimate of drug-likeness (QED) is 0.616. The number of halogens is 6. The Morgan fingerprint density at radius 1 is 1.20 bits per heavy atom. The van der Waals surface area contributed by atoms with Crippen LogP contribution in [-0.2, 0) is 20.8 Å². The van der Waals surface area contributed by atoms with Crippen molar-refractivity contribution in [2.24, 2.45) is 4.99 Å². The van der Waals surface area contributed by atoms with E-state index in [0.717, 1.165) is 18.2 Å². The fourth-order valence-electron chi connectivity index (χ4n) is 3.58. The molecule has 0 N–H and O–H groups in total. The molecule has 0 radical (unpaired) electrons. The third-order valence-electron chi connectivity index (χ3n) is 5.30. The Labute approximate surface area is 169 Å². The molecule has 2 atom stereocenters. The zero-order chi connectivity index (χ0) is 22.4. The summed E-state index contributed by atoms with van der Waals surface area (Å²) in [5.74, 6) is 0. The zero-order valence-corrected chi connectivity index (χ0v) is 16.7. The molecule has 0 aromatic heterocycles. The van der Waals surface area contributed by atoms with Gasteiger partial charge in [-0.2, -0.15) is 26.3 Å². The van der Waals surface area contributed by atoms with Crippen molar-refractivity contribution in [3.8, 4) is 0 Å². The highest BCUT2D eigenvalue weighted by atomic mass is 32.2. The Hall–Kier alpha value is -1.88. The average molecular weight is 455 g/mol. The number of nitrogens with zero attached hydrogens (tertiary/aromatic N) is 1. The van der Waals surface area contributed by atoms with Gasteiger partial charge < -0.3 is 4.74 Å². The number of allylic oxidation sites excluding steroid dienone is 1. The molecular weight excluding hydrogens is 436 g/mol. The van der Waals surface area contributed by atoms with Gasteiger partial charge in [0.05, 0.1) is 34.3 Å². The molecule has 1 saturated heterocycles. The largest absolute Gasteiger partial charge is 0.416 e. The maximum absolute atomic E-state index is 13.2. The van der Waals surface area contributed by atoms with Crippen LogP contribution < -0.4 is 0 Å². The summed E-state index contributed by atoms with van der Waals surface area (Å²) in [4.78, 5) is 3.38. The van der Waals surface area contributed by atoms with Gasteiger partial charge in [-0.3, -0.25) is 4.99 Å². The number of aliphatic imine (C=N–C) groups is 1. The Kier molecular flexibility index (Phi) is 5.83. The van der Waals surface area contributed by atoms with Crippen LogP contribution >= 0.6 is 0 Å². The van der Waals surface area contributed by atoms with Gasteiger partial charge in [-0.15, -0.1) is 0 Å². The first kappa shape index (κ1) is 22.8. The van der Waals surface area contributed by atoms with Crippen molar-refractivity contribution in [2.75, 3.05) is 13.2 Å². The normalized spacial score (nSPS) is 25.8. The highest BCUT2D eigenvalue weighted by Crippen LogP contribution is 2.40. The van der Waals surface area contributed by atoms with E-state index in [1.165, 1.54) is 13.0 Å². The fourth-order valence-corrected chi connectivity index (χ4v) is 5.41. The van der Waals surface area contributed by atoms with Gasteiger partial charge in [0.15, 0.2) is 9.84 Å². The van der Waals surface area contributed by atoms with E-state index in [1.807, 2.05) is 0 Å². The molecule has 0 bridgehead atoms. The van der Waals surface area contributed by atoms with Crippen molar-refractivity contribution in [3.05, 3.63) is 41.5 Å². The minimum atomic E-state index is -4.69. The number of benzene rings is 1. The van der Waals surface area contributed by atoms with Crippen molar-refractivity contribution in [3.63, 3.8) is 0 Å². The Balaban J connectivity index is 1.84. The first-order valence-electron chi connectivity index (χ1n) is 9.05. The van der Waals surface area contributed by atoms with Crippen molar-refractivity contribution in [2.45, 2.75) is 54.3 Å². The lowest BCUT2D eigenvalue weighted by Gasteiger charge is -2.38. The van der Waals surface area contributed by atoms with Crippen molar-refractivity contribution >= 4 is 15.5 Å². The smallest absolute Gasteiger partial charge is 0.374 e. The molecule has 0 saturated carbocycles. The lowest BCUT2D eigenvalue weighted by Crippen LogP contribution is -2.45. The minimum Gasteiger partial charge on any atom is -0.374 e. The molecule has 0 spiro atoms. The summed E-state index contributed by atoms with van der Waals surface area (Å²) in [6.45, 7) is 1.40. The molecule has 4 nitrogen and oxygen atoms in total. The lowest BCUT2D eigenvalue weighted by molar-refractivity contribution is -0.137. The average Bonchev–Trinajstić information content (AvgIpc) is 3.07. The van der Waals surface area contributed by atoms with E-state index in [4.69, 9.17) is 4.74 Å². The van der Waals surface area contributed by atoms with Gasteiger partial charge in [0.2, 0.25) is 0 Å². The number of rotatable bonds is 4. The number of hydrogen-bond donors (Lipinski definition) is 0. The predicted octanol–water partition coefficient (Wildman–Crippen LogP) is 4.75. The van der Waals surface area contributed by atoms with Crippen LogP contribution in [0.2, 0.25) is 0 Å². The van der Waals surface area contributed by atoms with Crippen molar-refractivity contribution < 1.29 is 39.5 Å². The summed E-state index contributed by atoms with van der Waals surface area (Å²) in [5.41, 5.74) is -0.798. The number of sulfone groups is 1. The van der Waals surface area contributed by atoms with Crippen LogP contribution in [0.3, 0.4) is 0 Å². The zero-order valence-electron chi connectivity index (χ0n) is 15.8. The number of alkyl halides is 6. The Morgan fingerprint density at radius 3 is 2.53 bits per heavy atom. The van der Waals surface area contributed by atoms with Gasteiger partial charge in [-0.25, -0.2) is 8.42 Å². The molecule has 0 aliphatic carbocycles. The van der Waals surface area contributed by atoms with E-state index in [0.29, 0.717) is 11.6 Å². The monoisotopic (exact) mass is 455 g/mol. The first-order valence-corrected chi connectivity index (χ1v) is 10.5. The van der Waals surface area contributed by atoms with Gasteiger partial charge in [0, 0.05) is 12.3 Å². The summed E-state index contributed by atoms with van der Waals surface area (Å²) in [6, 6.07) is 3.54. The molecule has 1 aromatic rings. The second kappa shape index (κ2) is 7.67. The van der Waals surface area contributed by atoms with Crippen LogP contribution in [0.15, 0.2) is 45.8 Å². The van der Waals surface area contributed by atoms with Gasteiger partial charge in [-0.05, 0) is 49.6 Å². The first-order chi connectivity index (χ1) is 13.7. The molecule has 1 aromatic carbocycles. The second-order valence-corrected chi connectivity index (χ2v) is 10.1. The van der Waals surface area contributed by atoms with Gasteiger partial charge in [-0.1, -0.05) is 6.07 Å². The van der Waals surface area contributed by atoms with Gasteiger partial charge in [0.1, 0.15) is 0 Å². The Bertz CT molecular complexity index is 981. The van der Waals surface area contributed by atoms with Crippen LogP contribution in [0.5, 0.6) is 0 Å². The van der Waals surface area contributed by atoms with E-state index in [2.05, 4.69) is 4.99 Å². The fraction of sp³-hybridized carbons (Fsp3) is 0.526. The molecule has 2 heterocycles. The Morgan fingerprint density at radius 2 is 1.90 bits per heavy atom. The molecule has 2 aliphatic heterocycles. The molecule has 2 unspecified atom stereocenters. The van der Waals surface area contributed by atoms with Gasteiger partial charge >= 0.3 is 12.4 Å². The maximum atomic E-state index is 13.2. The molecule has 2 aliphatic rings. The molecular formula is C19H19F6NO3S. The lowest BCUT2D eigenvalue weighted by atomic mass is 9.92. The van der Waals surface area contributed by atoms with E-state index in [-0.39, 0.29) is 31.7 Å². The number of hydrogen-bond acceptors (Lipinski definition) is 4. The maximum Gasteiger partial charge on any atom is 0.416 e. The van der Waals surface area contributed by atoms with Crippen LogP contribution in [0.4, 0.5) is 26.3 Å². The van der Waals surface area contributed by atoms with Crippen LogP contribution in [-0.4, -0.2) is 44.3 Å². The summed E-state index contributed by atoms with van der Waals surface area (Å²) in [5, 5.41) is 0. The van der Waals surface area contributed by atoms with E-state index in [9.17, 15) is 34.8 Å². The van der Waals surface area contributed by atoms with Crippen LogP contribution in [0, 0.1) is 0 Å². The molecule has 3 rings (SSSR count). The highest BCUT2D eigenvalue weighted by molar-refractivity contribution is 7.92. The number of ether oxygens (including phenoxy) is 1. The van der Waals surface area contributed by atoms with Crippen molar-refractivity contribution in [1.82, 2.24) is 0 Å². The minimum absolute atomic E-state index is 0.00526. The SMILES string of the molecule is CC1(S(=O)(=O)c2cccc(C(F)(F)F)c2)CCOC(C2=CC(CC(F)(F)F)=NC2)C1. The molecule has 11 heteroatoms. The van der Waals surface area contributed by atoms with E-state index >= 15 is 0 Å². The molecule has 0 amide bonds. The van der Waals surface area contributed by atoms with Crippen molar-refractivity contribution in [1.29, 1.82) is 0 Å². The predicted molar refractivity (Wildman–Crippen MR) is 97.1 cm³/mol.